The highest BCUT2D eigenvalue weighted by Crippen LogP contribution is 2.32. The van der Waals surface area contributed by atoms with Gasteiger partial charge in [0.2, 0.25) is 0 Å². The van der Waals surface area contributed by atoms with Crippen molar-refractivity contribution in [1.29, 1.82) is 0 Å². The number of fused-ring (bicyclic) bond motifs is 1. The van der Waals surface area contributed by atoms with Gasteiger partial charge in [-0.2, -0.15) is 0 Å². The summed E-state index contributed by atoms with van der Waals surface area (Å²) < 4.78 is 0. The molecule has 1 heteroatoms. The summed E-state index contributed by atoms with van der Waals surface area (Å²) >= 11 is 0. The van der Waals surface area contributed by atoms with Crippen molar-refractivity contribution in [2.24, 2.45) is 0 Å². The van der Waals surface area contributed by atoms with Crippen molar-refractivity contribution in [3.05, 3.63) is 95.6 Å². The summed E-state index contributed by atoms with van der Waals surface area (Å²) in [5.74, 6) is 0. The first-order valence-electron chi connectivity index (χ1n) is 9.97. The van der Waals surface area contributed by atoms with E-state index in [-0.39, 0.29) is 6.04 Å². The minimum absolute atomic E-state index is 0.254. The summed E-state index contributed by atoms with van der Waals surface area (Å²) in [6.45, 7) is 10.6. The first-order valence-corrected chi connectivity index (χ1v) is 9.97. The molecule has 0 aliphatic carbocycles. The Morgan fingerprint density at radius 1 is 0.778 bits per heavy atom. The summed E-state index contributed by atoms with van der Waals surface area (Å²) in [5.41, 5.74) is 4.02. The minimum atomic E-state index is 0.254. The number of nitrogens with zero attached hydrogens (tertiary/aromatic N) is 1. The van der Waals surface area contributed by atoms with Crippen molar-refractivity contribution in [3.8, 4) is 0 Å². The Hall–Kier alpha value is -2.38. The van der Waals surface area contributed by atoms with Gasteiger partial charge >= 0.3 is 0 Å². The smallest absolute Gasteiger partial charge is 0.0536 e. The lowest BCUT2D eigenvalue weighted by Crippen LogP contribution is -2.26. The molecule has 3 rings (SSSR count). The van der Waals surface area contributed by atoms with Crippen LogP contribution in [0.15, 0.2) is 84.4 Å². The molecule has 0 heterocycles. The molecule has 3 aromatic carbocycles. The van der Waals surface area contributed by atoms with Crippen LogP contribution in [0, 0.1) is 0 Å². The van der Waals surface area contributed by atoms with E-state index >= 15 is 0 Å². The lowest BCUT2D eigenvalue weighted by atomic mass is 9.97. The monoisotopic (exact) mass is 359 g/mol. The van der Waals surface area contributed by atoms with Crippen molar-refractivity contribution in [1.82, 2.24) is 4.90 Å². The standard InChI is InChI=1S/C24H27N.C2H6/c1-18(2)16-24(25(4)19(3)20-10-6-5-7-11-20)23-15-14-21-12-8-9-13-22(21)17-23;1-2/h5-17,19,24H,1-4H3;1-2H3. The summed E-state index contributed by atoms with van der Waals surface area (Å²) in [5, 5.41) is 2.59. The lowest BCUT2D eigenvalue weighted by molar-refractivity contribution is 0.218. The predicted molar refractivity (Wildman–Crippen MR) is 120 cm³/mol. The molecule has 0 radical (unpaired) electrons. The third-order valence-corrected chi connectivity index (χ3v) is 4.94. The van der Waals surface area contributed by atoms with Crippen LogP contribution in [0.1, 0.15) is 57.8 Å². The van der Waals surface area contributed by atoms with Crippen LogP contribution in [0.2, 0.25) is 0 Å². The summed E-state index contributed by atoms with van der Waals surface area (Å²) in [6.07, 6.45) is 2.36. The maximum atomic E-state index is 2.45. The zero-order valence-corrected chi connectivity index (χ0v) is 17.6. The van der Waals surface area contributed by atoms with Crippen LogP contribution in [0.3, 0.4) is 0 Å². The molecular weight excluding hydrogens is 326 g/mol. The van der Waals surface area contributed by atoms with E-state index in [4.69, 9.17) is 0 Å². The third-order valence-electron chi connectivity index (χ3n) is 4.94. The quantitative estimate of drug-likeness (QED) is 0.425. The summed E-state index contributed by atoms with van der Waals surface area (Å²) in [7, 11) is 2.22. The second kappa shape index (κ2) is 10.1. The van der Waals surface area contributed by atoms with Gasteiger partial charge in [-0.15, -0.1) is 0 Å². The molecule has 0 bridgehead atoms. The van der Waals surface area contributed by atoms with Crippen LogP contribution in [-0.2, 0) is 0 Å². The average molecular weight is 360 g/mol. The van der Waals surface area contributed by atoms with Gasteiger partial charge in [0.15, 0.2) is 0 Å². The largest absolute Gasteiger partial charge is 0.289 e. The Balaban J connectivity index is 0.00000126. The highest BCUT2D eigenvalue weighted by molar-refractivity contribution is 5.83. The van der Waals surface area contributed by atoms with E-state index in [9.17, 15) is 0 Å². The second-order valence-electron chi connectivity index (χ2n) is 7.05. The lowest BCUT2D eigenvalue weighted by Gasteiger charge is -2.32. The molecule has 0 aromatic heterocycles. The number of likely N-dealkylation sites (N-methyl/N-ethyl adjacent to an activating group) is 1. The van der Waals surface area contributed by atoms with E-state index in [0.29, 0.717) is 6.04 Å². The Labute approximate surface area is 165 Å². The predicted octanol–water partition coefficient (Wildman–Crippen LogP) is 7.57. The first kappa shape index (κ1) is 20.9. The molecule has 3 aromatic rings. The number of hydrogen-bond donors (Lipinski definition) is 0. The average Bonchev–Trinajstić information content (AvgIpc) is 2.72. The van der Waals surface area contributed by atoms with Crippen LogP contribution in [0.25, 0.3) is 10.8 Å². The van der Waals surface area contributed by atoms with Crippen LogP contribution < -0.4 is 0 Å². The van der Waals surface area contributed by atoms with Gasteiger partial charge in [-0.3, -0.25) is 4.90 Å². The molecule has 0 fully saturated rings. The van der Waals surface area contributed by atoms with Crippen molar-refractivity contribution in [3.63, 3.8) is 0 Å². The second-order valence-corrected chi connectivity index (χ2v) is 7.05. The van der Waals surface area contributed by atoms with Gasteiger partial charge in [0.1, 0.15) is 0 Å². The highest BCUT2D eigenvalue weighted by atomic mass is 15.2. The van der Waals surface area contributed by atoms with Gasteiger partial charge in [0, 0.05) is 6.04 Å². The summed E-state index contributed by atoms with van der Waals surface area (Å²) in [4.78, 5) is 2.45. The van der Waals surface area contributed by atoms with E-state index in [1.807, 2.05) is 13.8 Å². The van der Waals surface area contributed by atoms with Crippen LogP contribution >= 0.6 is 0 Å². The van der Waals surface area contributed by atoms with E-state index in [1.165, 1.54) is 27.5 Å². The van der Waals surface area contributed by atoms with Crippen molar-refractivity contribution < 1.29 is 0 Å². The van der Waals surface area contributed by atoms with Gasteiger partial charge in [-0.25, -0.2) is 0 Å². The number of hydrogen-bond acceptors (Lipinski definition) is 1. The normalized spacial score (nSPS) is 12.9. The number of rotatable bonds is 5. The molecule has 142 valence electrons. The molecule has 1 nitrogen and oxygen atoms in total. The molecule has 2 unspecified atom stereocenters. The van der Waals surface area contributed by atoms with E-state index < -0.39 is 0 Å². The van der Waals surface area contributed by atoms with Crippen molar-refractivity contribution >= 4 is 10.8 Å². The van der Waals surface area contributed by atoms with Gasteiger partial charge in [0.05, 0.1) is 6.04 Å². The molecular formula is C26H33N. The zero-order chi connectivity index (χ0) is 19.8. The SMILES string of the molecule is CC.CC(C)=CC(c1ccc2ccccc2c1)N(C)C(C)c1ccccc1. The molecule has 0 aliphatic heterocycles. The molecule has 0 amide bonds. The number of allylic oxidation sites excluding steroid dienone is 1. The molecule has 0 saturated carbocycles. The highest BCUT2D eigenvalue weighted by Gasteiger charge is 2.21. The Bertz CT molecular complexity index is 860. The molecule has 0 aliphatic rings. The Kier molecular flexibility index (Phi) is 7.82. The number of benzene rings is 3. The molecule has 0 saturated heterocycles. The van der Waals surface area contributed by atoms with Crippen molar-refractivity contribution in [2.45, 2.75) is 46.7 Å². The van der Waals surface area contributed by atoms with Crippen molar-refractivity contribution in [2.75, 3.05) is 7.05 Å². The minimum Gasteiger partial charge on any atom is -0.289 e. The fourth-order valence-corrected chi connectivity index (χ4v) is 3.36. The third kappa shape index (κ3) is 5.30. The topological polar surface area (TPSA) is 3.24 Å². The fourth-order valence-electron chi connectivity index (χ4n) is 3.36. The van der Waals surface area contributed by atoms with Gasteiger partial charge in [-0.1, -0.05) is 92.2 Å². The maximum absolute atomic E-state index is 2.45. The summed E-state index contributed by atoms with van der Waals surface area (Å²) in [6, 6.07) is 26.7. The van der Waals surface area contributed by atoms with Crippen LogP contribution in [0.5, 0.6) is 0 Å². The zero-order valence-electron chi connectivity index (χ0n) is 17.6. The van der Waals surface area contributed by atoms with E-state index in [2.05, 4.69) is 112 Å². The first-order chi connectivity index (χ1) is 13.1. The van der Waals surface area contributed by atoms with Crippen LogP contribution in [0.4, 0.5) is 0 Å². The van der Waals surface area contributed by atoms with E-state index in [0.717, 1.165) is 0 Å². The Morgan fingerprint density at radius 3 is 2.00 bits per heavy atom. The van der Waals surface area contributed by atoms with E-state index in [1.54, 1.807) is 0 Å². The molecule has 0 spiro atoms. The van der Waals surface area contributed by atoms with Gasteiger partial charge < -0.3 is 0 Å². The molecule has 2 atom stereocenters. The maximum Gasteiger partial charge on any atom is 0.0536 e. The van der Waals surface area contributed by atoms with Gasteiger partial charge in [0.25, 0.3) is 0 Å². The van der Waals surface area contributed by atoms with Gasteiger partial charge in [-0.05, 0) is 55.8 Å². The molecule has 0 N–H and O–H groups in total. The fraction of sp³-hybridized carbons (Fsp3) is 0.308. The van der Waals surface area contributed by atoms with Crippen LogP contribution in [-0.4, -0.2) is 11.9 Å². The molecule has 27 heavy (non-hydrogen) atoms. The Morgan fingerprint density at radius 2 is 1.37 bits per heavy atom.